The van der Waals surface area contributed by atoms with E-state index in [1.165, 1.54) is 5.56 Å². The highest BCUT2D eigenvalue weighted by Crippen LogP contribution is 2.27. The van der Waals surface area contributed by atoms with Crippen molar-refractivity contribution in [2.24, 2.45) is 0 Å². The summed E-state index contributed by atoms with van der Waals surface area (Å²) in [4.78, 5) is 2.33. The second kappa shape index (κ2) is 9.18. The number of rotatable bonds is 9. The van der Waals surface area contributed by atoms with Crippen LogP contribution < -0.4 is 9.47 Å². The standard InChI is InChI=1S/C14H22BrNO3/c1-17-9-8-16(7-6-15)11-12-4-5-13(18-2)14(10-12)19-3/h4-5,10H,6-9,11H2,1-3H3. The lowest BCUT2D eigenvalue weighted by molar-refractivity contribution is 0.148. The van der Waals surface area contributed by atoms with Crippen molar-refractivity contribution in [2.45, 2.75) is 6.54 Å². The summed E-state index contributed by atoms with van der Waals surface area (Å²) in [7, 11) is 5.03. The largest absolute Gasteiger partial charge is 0.493 e. The first kappa shape index (κ1) is 16.3. The molecule has 0 N–H and O–H groups in total. The van der Waals surface area contributed by atoms with E-state index < -0.39 is 0 Å². The molecule has 108 valence electrons. The van der Waals surface area contributed by atoms with Gasteiger partial charge in [0, 0.05) is 32.1 Å². The van der Waals surface area contributed by atoms with Crippen LogP contribution in [0.2, 0.25) is 0 Å². The minimum atomic E-state index is 0.736. The lowest BCUT2D eigenvalue weighted by Gasteiger charge is -2.21. The molecule has 1 aromatic carbocycles. The maximum absolute atomic E-state index is 5.32. The molecule has 0 bridgehead atoms. The third-order valence-electron chi connectivity index (χ3n) is 2.87. The number of halogens is 1. The third-order valence-corrected chi connectivity index (χ3v) is 3.22. The summed E-state index contributed by atoms with van der Waals surface area (Å²) < 4.78 is 15.7. The second-order valence-corrected chi connectivity index (χ2v) is 4.94. The van der Waals surface area contributed by atoms with Crippen molar-refractivity contribution in [3.05, 3.63) is 23.8 Å². The highest BCUT2D eigenvalue weighted by Gasteiger charge is 2.08. The van der Waals surface area contributed by atoms with Crippen molar-refractivity contribution in [3.8, 4) is 11.5 Å². The van der Waals surface area contributed by atoms with Gasteiger partial charge in [-0.1, -0.05) is 22.0 Å². The number of alkyl halides is 1. The lowest BCUT2D eigenvalue weighted by atomic mass is 10.2. The number of benzene rings is 1. The summed E-state index contributed by atoms with van der Waals surface area (Å²) in [6.45, 7) is 3.50. The smallest absolute Gasteiger partial charge is 0.161 e. The molecule has 4 nitrogen and oxygen atoms in total. The van der Waals surface area contributed by atoms with Crippen LogP contribution in [0.3, 0.4) is 0 Å². The van der Waals surface area contributed by atoms with Crippen LogP contribution >= 0.6 is 15.9 Å². The molecular weight excluding hydrogens is 310 g/mol. The Kier molecular flexibility index (Phi) is 7.86. The van der Waals surface area contributed by atoms with Gasteiger partial charge in [-0.2, -0.15) is 0 Å². The molecule has 0 saturated heterocycles. The van der Waals surface area contributed by atoms with Gasteiger partial charge in [-0.3, -0.25) is 4.90 Å². The Morgan fingerprint density at radius 1 is 1.05 bits per heavy atom. The molecule has 19 heavy (non-hydrogen) atoms. The predicted molar refractivity (Wildman–Crippen MR) is 80.5 cm³/mol. The number of hydrogen-bond donors (Lipinski definition) is 0. The highest BCUT2D eigenvalue weighted by atomic mass is 79.9. The molecule has 1 rings (SSSR count). The van der Waals surface area contributed by atoms with Gasteiger partial charge in [-0.15, -0.1) is 0 Å². The molecule has 0 aliphatic carbocycles. The van der Waals surface area contributed by atoms with E-state index in [0.29, 0.717) is 0 Å². The monoisotopic (exact) mass is 331 g/mol. The van der Waals surface area contributed by atoms with Gasteiger partial charge in [0.1, 0.15) is 0 Å². The Hall–Kier alpha value is -0.780. The first-order valence-electron chi connectivity index (χ1n) is 6.23. The van der Waals surface area contributed by atoms with Crippen molar-refractivity contribution in [3.63, 3.8) is 0 Å². The van der Waals surface area contributed by atoms with Crippen molar-refractivity contribution in [2.75, 3.05) is 46.4 Å². The van der Waals surface area contributed by atoms with Gasteiger partial charge in [-0.25, -0.2) is 0 Å². The summed E-state index contributed by atoms with van der Waals surface area (Å²) in [5.74, 6) is 1.53. The molecule has 0 radical (unpaired) electrons. The predicted octanol–water partition coefficient (Wildman–Crippen LogP) is 2.55. The van der Waals surface area contributed by atoms with Gasteiger partial charge in [0.25, 0.3) is 0 Å². The zero-order valence-corrected chi connectivity index (χ0v) is 13.4. The molecule has 0 aliphatic heterocycles. The summed E-state index contributed by atoms with van der Waals surface area (Å²) in [5.41, 5.74) is 1.20. The minimum absolute atomic E-state index is 0.736. The molecule has 1 aromatic rings. The Labute approximate surface area is 123 Å². The van der Waals surface area contributed by atoms with E-state index >= 15 is 0 Å². The molecule has 0 heterocycles. The molecule has 5 heteroatoms. The van der Waals surface area contributed by atoms with Crippen molar-refractivity contribution < 1.29 is 14.2 Å². The fourth-order valence-electron chi connectivity index (χ4n) is 1.85. The topological polar surface area (TPSA) is 30.9 Å². The Bertz CT molecular complexity index is 374. The van der Waals surface area contributed by atoms with Gasteiger partial charge in [0.2, 0.25) is 0 Å². The van der Waals surface area contributed by atoms with Crippen LogP contribution in [-0.4, -0.2) is 51.3 Å². The van der Waals surface area contributed by atoms with Crippen LogP contribution in [0.4, 0.5) is 0 Å². The fourth-order valence-corrected chi connectivity index (χ4v) is 2.35. The first-order valence-corrected chi connectivity index (χ1v) is 7.35. The minimum Gasteiger partial charge on any atom is -0.493 e. The quantitative estimate of drug-likeness (QED) is 0.651. The van der Waals surface area contributed by atoms with Gasteiger partial charge in [0.05, 0.1) is 20.8 Å². The zero-order valence-electron chi connectivity index (χ0n) is 11.8. The summed E-state index contributed by atoms with van der Waals surface area (Å²) in [5, 5.41) is 0.948. The lowest BCUT2D eigenvalue weighted by Crippen LogP contribution is -2.28. The van der Waals surface area contributed by atoms with Crippen molar-refractivity contribution in [1.82, 2.24) is 4.90 Å². The van der Waals surface area contributed by atoms with E-state index in [9.17, 15) is 0 Å². The van der Waals surface area contributed by atoms with E-state index in [1.807, 2.05) is 12.1 Å². The van der Waals surface area contributed by atoms with Crippen LogP contribution in [0.5, 0.6) is 11.5 Å². The average Bonchev–Trinajstić information content (AvgIpc) is 2.44. The molecule has 0 fully saturated rings. The molecule has 0 saturated carbocycles. The van der Waals surface area contributed by atoms with Gasteiger partial charge >= 0.3 is 0 Å². The number of methoxy groups -OCH3 is 3. The second-order valence-electron chi connectivity index (χ2n) is 4.15. The van der Waals surface area contributed by atoms with E-state index in [-0.39, 0.29) is 0 Å². The van der Waals surface area contributed by atoms with Crippen LogP contribution in [0.1, 0.15) is 5.56 Å². The number of hydrogen-bond acceptors (Lipinski definition) is 4. The number of ether oxygens (including phenoxy) is 3. The SMILES string of the molecule is COCCN(CCBr)Cc1ccc(OC)c(OC)c1. The van der Waals surface area contributed by atoms with Gasteiger partial charge < -0.3 is 14.2 Å². The van der Waals surface area contributed by atoms with E-state index in [2.05, 4.69) is 26.9 Å². The van der Waals surface area contributed by atoms with Crippen LogP contribution in [0, 0.1) is 0 Å². The summed E-state index contributed by atoms with van der Waals surface area (Å²) in [6, 6.07) is 6.03. The van der Waals surface area contributed by atoms with E-state index in [1.54, 1.807) is 21.3 Å². The fraction of sp³-hybridized carbons (Fsp3) is 0.571. The average molecular weight is 332 g/mol. The maximum Gasteiger partial charge on any atom is 0.161 e. The van der Waals surface area contributed by atoms with E-state index in [0.717, 1.165) is 43.1 Å². The molecule has 0 aromatic heterocycles. The van der Waals surface area contributed by atoms with Gasteiger partial charge in [0.15, 0.2) is 11.5 Å². The molecule has 0 amide bonds. The van der Waals surface area contributed by atoms with Crippen molar-refractivity contribution in [1.29, 1.82) is 0 Å². The molecule has 0 atom stereocenters. The van der Waals surface area contributed by atoms with Crippen LogP contribution in [0.25, 0.3) is 0 Å². The highest BCUT2D eigenvalue weighted by molar-refractivity contribution is 9.09. The third kappa shape index (κ3) is 5.38. The van der Waals surface area contributed by atoms with Crippen LogP contribution in [0.15, 0.2) is 18.2 Å². The zero-order chi connectivity index (χ0) is 14.1. The maximum atomic E-state index is 5.32. The Morgan fingerprint density at radius 2 is 1.79 bits per heavy atom. The molecule has 0 unspecified atom stereocenters. The molecular formula is C14H22BrNO3. The Balaban J connectivity index is 2.72. The number of nitrogens with zero attached hydrogens (tertiary/aromatic N) is 1. The van der Waals surface area contributed by atoms with Gasteiger partial charge in [-0.05, 0) is 17.7 Å². The van der Waals surface area contributed by atoms with E-state index in [4.69, 9.17) is 14.2 Å². The Morgan fingerprint density at radius 3 is 2.37 bits per heavy atom. The summed E-state index contributed by atoms with van der Waals surface area (Å²) >= 11 is 3.48. The molecule has 0 aliphatic rings. The first-order chi connectivity index (χ1) is 9.24. The van der Waals surface area contributed by atoms with Crippen LogP contribution in [-0.2, 0) is 11.3 Å². The molecule has 0 spiro atoms. The summed E-state index contributed by atoms with van der Waals surface area (Å²) in [6.07, 6.45) is 0. The van der Waals surface area contributed by atoms with Crippen molar-refractivity contribution >= 4 is 15.9 Å². The normalized spacial score (nSPS) is 10.8.